The second kappa shape index (κ2) is 5.83. The first kappa shape index (κ1) is 12.8. The fraction of sp³-hybridized carbons (Fsp3) is 0.615. The molecule has 1 atom stereocenters. The second-order valence-electron chi connectivity index (χ2n) is 4.66. The summed E-state index contributed by atoms with van der Waals surface area (Å²) in [4.78, 5) is 6.60. The van der Waals surface area contributed by atoms with Gasteiger partial charge in [-0.15, -0.1) is 0 Å². The van der Waals surface area contributed by atoms with Crippen molar-refractivity contribution in [2.24, 2.45) is 0 Å². The molecule has 1 aliphatic rings. The molecule has 1 unspecified atom stereocenters. The van der Waals surface area contributed by atoms with Crippen LogP contribution in [-0.4, -0.2) is 31.3 Å². The highest BCUT2D eigenvalue weighted by atomic mass is 79.9. The summed E-state index contributed by atoms with van der Waals surface area (Å²) in [5, 5.41) is 0. The minimum absolute atomic E-state index is 0.361. The Morgan fingerprint density at radius 2 is 2.35 bits per heavy atom. The van der Waals surface area contributed by atoms with Gasteiger partial charge in [-0.3, -0.25) is 0 Å². The topological polar surface area (TPSA) is 25.4 Å². The Labute approximate surface area is 111 Å². The van der Waals surface area contributed by atoms with E-state index in [9.17, 15) is 0 Å². The number of ether oxygens (including phenoxy) is 1. The van der Waals surface area contributed by atoms with Crippen molar-refractivity contribution in [3.8, 4) is 0 Å². The molecule has 0 amide bonds. The lowest BCUT2D eigenvalue weighted by molar-refractivity contribution is 0.0215. The maximum absolute atomic E-state index is 5.75. The van der Waals surface area contributed by atoms with Crippen LogP contribution in [0.3, 0.4) is 0 Å². The summed E-state index contributed by atoms with van der Waals surface area (Å²) >= 11 is 3.47. The van der Waals surface area contributed by atoms with Crippen molar-refractivity contribution in [2.45, 2.75) is 32.3 Å². The molecule has 1 aromatic heterocycles. The third kappa shape index (κ3) is 3.42. The number of likely N-dealkylation sites (N-methyl/N-ethyl adjacent to an activating group) is 1. The van der Waals surface area contributed by atoms with E-state index < -0.39 is 0 Å². The van der Waals surface area contributed by atoms with Gasteiger partial charge in [-0.05, 0) is 53.7 Å². The van der Waals surface area contributed by atoms with Gasteiger partial charge in [0.05, 0.1) is 6.10 Å². The lowest BCUT2D eigenvalue weighted by Gasteiger charge is -2.28. The fourth-order valence-electron chi connectivity index (χ4n) is 2.08. The Kier molecular flexibility index (Phi) is 4.40. The molecule has 2 heterocycles. The monoisotopic (exact) mass is 298 g/mol. The minimum atomic E-state index is 0.361. The highest BCUT2D eigenvalue weighted by molar-refractivity contribution is 9.10. The average molecular weight is 299 g/mol. The molecule has 94 valence electrons. The summed E-state index contributed by atoms with van der Waals surface area (Å²) in [6, 6.07) is 2.10. The summed E-state index contributed by atoms with van der Waals surface area (Å²) < 4.78 is 6.80. The van der Waals surface area contributed by atoms with Gasteiger partial charge in [0.15, 0.2) is 0 Å². The van der Waals surface area contributed by atoms with E-state index in [1.54, 1.807) is 0 Å². The molecule has 2 rings (SSSR count). The lowest BCUT2D eigenvalue weighted by Crippen LogP contribution is -2.33. The maximum Gasteiger partial charge on any atom is 0.128 e. The fourth-order valence-corrected chi connectivity index (χ4v) is 2.30. The second-order valence-corrected chi connectivity index (χ2v) is 5.52. The number of halogens is 1. The normalized spacial score (nSPS) is 20.3. The number of nitrogens with zero attached hydrogens (tertiary/aromatic N) is 2. The summed E-state index contributed by atoms with van der Waals surface area (Å²) in [5.41, 5.74) is 1.21. The quantitative estimate of drug-likeness (QED) is 0.857. The summed E-state index contributed by atoms with van der Waals surface area (Å²) in [6.07, 6.45) is 5.88. The van der Waals surface area contributed by atoms with Crippen LogP contribution in [0.15, 0.2) is 16.7 Å². The van der Waals surface area contributed by atoms with Gasteiger partial charge in [0.2, 0.25) is 0 Å². The largest absolute Gasteiger partial charge is 0.376 e. The molecule has 4 heteroatoms. The van der Waals surface area contributed by atoms with Crippen molar-refractivity contribution in [1.29, 1.82) is 0 Å². The van der Waals surface area contributed by atoms with E-state index >= 15 is 0 Å². The van der Waals surface area contributed by atoms with Gasteiger partial charge < -0.3 is 9.64 Å². The maximum atomic E-state index is 5.75. The van der Waals surface area contributed by atoms with E-state index in [1.165, 1.54) is 24.8 Å². The van der Waals surface area contributed by atoms with Gasteiger partial charge >= 0.3 is 0 Å². The van der Waals surface area contributed by atoms with Crippen molar-refractivity contribution in [3.63, 3.8) is 0 Å². The number of rotatable bonds is 3. The molecule has 0 saturated carbocycles. The molecule has 1 aromatic rings. The van der Waals surface area contributed by atoms with Crippen molar-refractivity contribution in [3.05, 3.63) is 22.3 Å². The molecule has 0 bridgehead atoms. The molecular weight excluding hydrogens is 280 g/mol. The molecule has 1 fully saturated rings. The molecule has 0 radical (unpaired) electrons. The molecule has 0 aliphatic carbocycles. The van der Waals surface area contributed by atoms with E-state index in [4.69, 9.17) is 4.74 Å². The number of hydrogen-bond acceptors (Lipinski definition) is 3. The first-order valence-electron chi connectivity index (χ1n) is 6.11. The smallest absolute Gasteiger partial charge is 0.128 e. The lowest BCUT2D eigenvalue weighted by atomic mass is 10.1. The van der Waals surface area contributed by atoms with Gasteiger partial charge in [0.25, 0.3) is 0 Å². The summed E-state index contributed by atoms with van der Waals surface area (Å²) in [5.74, 6) is 1.01. The van der Waals surface area contributed by atoms with Crippen LogP contribution in [0.2, 0.25) is 0 Å². The van der Waals surface area contributed by atoms with Gasteiger partial charge in [-0.1, -0.05) is 0 Å². The average Bonchev–Trinajstić information content (AvgIpc) is 2.34. The molecular formula is C13H19BrN2O. The van der Waals surface area contributed by atoms with Crippen LogP contribution in [0, 0.1) is 6.92 Å². The Morgan fingerprint density at radius 3 is 3.00 bits per heavy atom. The number of aromatic nitrogens is 1. The highest BCUT2D eigenvalue weighted by Crippen LogP contribution is 2.21. The van der Waals surface area contributed by atoms with Crippen LogP contribution in [0.5, 0.6) is 0 Å². The Morgan fingerprint density at radius 1 is 1.53 bits per heavy atom. The van der Waals surface area contributed by atoms with Gasteiger partial charge in [0.1, 0.15) is 5.82 Å². The van der Waals surface area contributed by atoms with Crippen LogP contribution in [-0.2, 0) is 4.74 Å². The van der Waals surface area contributed by atoms with Crippen LogP contribution < -0.4 is 4.90 Å². The molecule has 0 N–H and O–H groups in total. The van der Waals surface area contributed by atoms with Gasteiger partial charge in [-0.2, -0.15) is 0 Å². The van der Waals surface area contributed by atoms with Crippen molar-refractivity contribution in [2.75, 3.05) is 25.1 Å². The summed E-state index contributed by atoms with van der Waals surface area (Å²) in [7, 11) is 2.08. The predicted octanol–water partition coefficient (Wildman–Crippen LogP) is 3.16. The number of pyridine rings is 1. The molecule has 0 aromatic carbocycles. The van der Waals surface area contributed by atoms with Crippen molar-refractivity contribution in [1.82, 2.24) is 4.98 Å². The minimum Gasteiger partial charge on any atom is -0.376 e. The standard InChI is InChI=1S/C13H19BrN2O/c1-10-7-13(15-8-12(10)14)16(2)9-11-5-3-4-6-17-11/h7-8,11H,3-6,9H2,1-2H3. The molecule has 0 spiro atoms. The van der Waals surface area contributed by atoms with E-state index in [2.05, 4.69) is 45.9 Å². The Balaban J connectivity index is 1.98. The zero-order valence-electron chi connectivity index (χ0n) is 10.4. The van der Waals surface area contributed by atoms with Gasteiger partial charge in [-0.25, -0.2) is 4.98 Å². The van der Waals surface area contributed by atoms with Crippen molar-refractivity contribution >= 4 is 21.7 Å². The molecule has 3 nitrogen and oxygen atoms in total. The third-order valence-electron chi connectivity index (χ3n) is 3.18. The molecule has 1 saturated heterocycles. The van der Waals surface area contributed by atoms with E-state index in [1.807, 2.05) is 6.20 Å². The number of anilines is 1. The van der Waals surface area contributed by atoms with E-state index in [0.717, 1.165) is 23.4 Å². The van der Waals surface area contributed by atoms with Crippen LogP contribution in [0.1, 0.15) is 24.8 Å². The number of hydrogen-bond donors (Lipinski definition) is 0. The predicted molar refractivity (Wildman–Crippen MR) is 73.5 cm³/mol. The molecule has 17 heavy (non-hydrogen) atoms. The third-order valence-corrected chi connectivity index (χ3v) is 4.01. The Hall–Kier alpha value is -0.610. The molecule has 1 aliphatic heterocycles. The first-order valence-corrected chi connectivity index (χ1v) is 6.91. The van der Waals surface area contributed by atoms with Crippen LogP contribution in [0.25, 0.3) is 0 Å². The Bertz CT molecular complexity index is 378. The van der Waals surface area contributed by atoms with Crippen LogP contribution in [0.4, 0.5) is 5.82 Å². The first-order chi connectivity index (χ1) is 8.16. The SMILES string of the molecule is Cc1cc(N(C)CC2CCCCO2)ncc1Br. The van der Waals surface area contributed by atoms with E-state index in [-0.39, 0.29) is 0 Å². The zero-order chi connectivity index (χ0) is 12.3. The van der Waals surface area contributed by atoms with Crippen LogP contribution >= 0.6 is 15.9 Å². The highest BCUT2D eigenvalue weighted by Gasteiger charge is 2.16. The zero-order valence-corrected chi connectivity index (χ0v) is 12.0. The summed E-state index contributed by atoms with van der Waals surface area (Å²) in [6.45, 7) is 3.92. The van der Waals surface area contributed by atoms with Crippen molar-refractivity contribution < 1.29 is 4.74 Å². The van der Waals surface area contributed by atoms with Gasteiger partial charge in [0, 0.05) is 30.9 Å². The van der Waals surface area contributed by atoms with E-state index in [0.29, 0.717) is 6.10 Å². The number of aryl methyl sites for hydroxylation is 1.